The van der Waals surface area contributed by atoms with Gasteiger partial charge in [-0.2, -0.15) is 5.26 Å². The van der Waals surface area contributed by atoms with Crippen molar-refractivity contribution in [1.29, 1.82) is 5.26 Å². The van der Waals surface area contributed by atoms with E-state index >= 15 is 0 Å². The molecule has 0 aromatic carbocycles. The van der Waals surface area contributed by atoms with Crippen LogP contribution in [0.2, 0.25) is 0 Å². The van der Waals surface area contributed by atoms with Gasteiger partial charge < -0.3 is 5.32 Å². The second-order valence-corrected chi connectivity index (χ2v) is 8.46. The van der Waals surface area contributed by atoms with Gasteiger partial charge >= 0.3 is 0 Å². The number of hydroxylamine groups is 1. The third-order valence-corrected chi connectivity index (χ3v) is 5.94. The van der Waals surface area contributed by atoms with Gasteiger partial charge in [-0.15, -0.1) is 0 Å². The fraction of sp³-hybridized carbons (Fsp3) is 0.611. The monoisotopic (exact) mass is 408 g/mol. The van der Waals surface area contributed by atoms with Crippen molar-refractivity contribution in [3.05, 3.63) is 24.5 Å². The summed E-state index contributed by atoms with van der Waals surface area (Å²) in [4.78, 5) is 13.5. The Kier molecular flexibility index (Phi) is 9.68. The van der Waals surface area contributed by atoms with Crippen LogP contribution in [0.3, 0.4) is 0 Å². The average Bonchev–Trinajstić information content (AvgIpc) is 2.71. The molecule has 1 saturated heterocycles. The van der Waals surface area contributed by atoms with Gasteiger partial charge in [0.15, 0.2) is 6.19 Å². The number of nitrogens with zero attached hydrogens (tertiary/aromatic N) is 4. The Labute approximate surface area is 166 Å². The fourth-order valence-electron chi connectivity index (χ4n) is 2.75. The molecule has 0 saturated carbocycles. The van der Waals surface area contributed by atoms with E-state index in [-0.39, 0.29) is 5.75 Å². The van der Waals surface area contributed by atoms with Crippen molar-refractivity contribution in [2.24, 2.45) is 4.99 Å². The molecule has 0 unspecified atom stereocenters. The molecule has 0 bridgehead atoms. The van der Waals surface area contributed by atoms with E-state index in [9.17, 15) is 8.42 Å². The maximum absolute atomic E-state index is 12.1. The molecule has 9 nitrogen and oxygen atoms in total. The van der Waals surface area contributed by atoms with E-state index in [1.165, 1.54) is 0 Å². The van der Waals surface area contributed by atoms with Gasteiger partial charge in [-0.3, -0.25) is 20.1 Å². The first-order chi connectivity index (χ1) is 13.6. The minimum Gasteiger partial charge on any atom is -0.325 e. The van der Waals surface area contributed by atoms with Crippen LogP contribution in [0.1, 0.15) is 44.9 Å². The number of hydrogen-bond acceptors (Lipinski definition) is 6. The van der Waals surface area contributed by atoms with Gasteiger partial charge in [-0.25, -0.2) is 8.42 Å². The van der Waals surface area contributed by atoms with Crippen molar-refractivity contribution in [2.45, 2.75) is 44.9 Å². The molecule has 10 heteroatoms. The summed E-state index contributed by atoms with van der Waals surface area (Å²) in [6.07, 6.45) is 11.2. The first-order valence-electron chi connectivity index (χ1n) is 9.62. The summed E-state index contributed by atoms with van der Waals surface area (Å²) in [5.74, 6) is 0.540. The zero-order valence-corrected chi connectivity index (χ0v) is 16.8. The third-order valence-electron chi connectivity index (χ3n) is 4.23. The number of unbranched alkanes of at least 4 members (excludes halogenated alkanes) is 4. The highest BCUT2D eigenvalue weighted by Crippen LogP contribution is 2.14. The molecule has 0 amide bonds. The van der Waals surface area contributed by atoms with Crippen molar-refractivity contribution in [3.8, 4) is 6.19 Å². The van der Waals surface area contributed by atoms with E-state index in [2.05, 4.69) is 20.6 Å². The summed E-state index contributed by atoms with van der Waals surface area (Å²) < 4.78 is 25.5. The maximum Gasteiger partial charge on any atom is 0.236 e. The smallest absolute Gasteiger partial charge is 0.236 e. The Morgan fingerprint density at radius 2 is 1.96 bits per heavy atom. The average molecular weight is 409 g/mol. The largest absolute Gasteiger partial charge is 0.325 e. The summed E-state index contributed by atoms with van der Waals surface area (Å²) in [7, 11) is -3.29. The number of hydrogen-bond donors (Lipinski definition) is 2. The number of anilines is 1. The predicted octanol–water partition coefficient (Wildman–Crippen LogP) is 2.23. The molecule has 1 aromatic heterocycles. The van der Waals surface area contributed by atoms with Crippen LogP contribution in [-0.2, 0) is 14.9 Å². The van der Waals surface area contributed by atoms with Gasteiger partial charge in [0.1, 0.15) is 0 Å². The van der Waals surface area contributed by atoms with Crippen molar-refractivity contribution in [3.63, 3.8) is 0 Å². The highest BCUT2D eigenvalue weighted by molar-refractivity contribution is 7.88. The molecule has 28 heavy (non-hydrogen) atoms. The SMILES string of the molecule is N#CNC(=NCCCCCCCS(=O)(=O)N1CCCCO1)Nc1ccncc1. The van der Waals surface area contributed by atoms with Crippen molar-refractivity contribution in [1.82, 2.24) is 14.8 Å². The van der Waals surface area contributed by atoms with Crippen molar-refractivity contribution in [2.75, 3.05) is 30.8 Å². The van der Waals surface area contributed by atoms with Gasteiger partial charge in [0.2, 0.25) is 16.0 Å². The molecular weight excluding hydrogens is 380 g/mol. The number of aromatic nitrogens is 1. The molecule has 1 aromatic rings. The lowest BCUT2D eigenvalue weighted by Gasteiger charge is -2.25. The first-order valence-corrected chi connectivity index (χ1v) is 11.2. The molecule has 0 atom stereocenters. The summed E-state index contributed by atoms with van der Waals surface area (Å²) >= 11 is 0. The predicted molar refractivity (Wildman–Crippen MR) is 108 cm³/mol. The van der Waals surface area contributed by atoms with Crippen LogP contribution in [0.15, 0.2) is 29.5 Å². The Morgan fingerprint density at radius 3 is 2.68 bits per heavy atom. The lowest BCUT2D eigenvalue weighted by molar-refractivity contribution is -0.108. The number of rotatable bonds is 10. The lowest BCUT2D eigenvalue weighted by atomic mass is 10.1. The molecule has 0 spiro atoms. The topological polar surface area (TPSA) is 120 Å². The van der Waals surface area contributed by atoms with Gasteiger partial charge in [-0.05, 0) is 37.8 Å². The molecule has 1 fully saturated rings. The van der Waals surface area contributed by atoms with Crippen LogP contribution in [0.5, 0.6) is 0 Å². The van der Waals surface area contributed by atoms with E-state index in [4.69, 9.17) is 10.1 Å². The van der Waals surface area contributed by atoms with E-state index in [0.717, 1.165) is 48.7 Å². The zero-order chi connectivity index (χ0) is 20.1. The van der Waals surface area contributed by atoms with Crippen molar-refractivity contribution < 1.29 is 13.3 Å². The molecule has 2 rings (SSSR count). The maximum atomic E-state index is 12.1. The Bertz CT molecular complexity index is 742. The van der Waals surface area contributed by atoms with Crippen LogP contribution in [-0.4, -0.2) is 49.3 Å². The number of nitrogens with one attached hydrogen (secondary N) is 2. The molecule has 154 valence electrons. The number of nitriles is 1. The van der Waals surface area contributed by atoms with Crippen LogP contribution >= 0.6 is 0 Å². The van der Waals surface area contributed by atoms with E-state index in [0.29, 0.717) is 32.1 Å². The quantitative estimate of drug-likeness (QED) is 0.200. The fourth-order valence-corrected chi connectivity index (χ4v) is 4.16. The standard InChI is InChI=1S/C18H28N6O3S/c19-16-22-18(23-17-8-11-20-12-9-17)21-10-4-2-1-3-7-15-28(25,26)24-13-5-6-14-27-24/h8-9,11-12H,1-7,10,13-15H2,(H2,20,21,22,23). The van der Waals surface area contributed by atoms with Crippen LogP contribution in [0.25, 0.3) is 0 Å². The zero-order valence-electron chi connectivity index (χ0n) is 16.0. The summed E-state index contributed by atoms with van der Waals surface area (Å²) in [6, 6.07) is 3.58. The molecule has 1 aliphatic heterocycles. The number of sulfonamides is 1. The van der Waals surface area contributed by atoms with Gasteiger partial charge in [-0.1, -0.05) is 23.7 Å². The second kappa shape index (κ2) is 12.3. The highest BCUT2D eigenvalue weighted by atomic mass is 32.2. The van der Waals surface area contributed by atoms with Crippen LogP contribution in [0.4, 0.5) is 5.69 Å². The Morgan fingerprint density at radius 1 is 1.21 bits per heavy atom. The summed E-state index contributed by atoms with van der Waals surface area (Å²) in [5.41, 5.74) is 0.801. The van der Waals surface area contributed by atoms with Crippen LogP contribution < -0.4 is 10.6 Å². The van der Waals surface area contributed by atoms with Gasteiger partial charge in [0, 0.05) is 31.2 Å². The first kappa shape index (κ1) is 22.1. The van der Waals surface area contributed by atoms with Gasteiger partial charge in [0.05, 0.1) is 12.4 Å². The minimum atomic E-state index is -3.29. The minimum absolute atomic E-state index is 0.136. The Balaban J connectivity index is 1.59. The van der Waals surface area contributed by atoms with Crippen LogP contribution in [0, 0.1) is 11.5 Å². The highest BCUT2D eigenvalue weighted by Gasteiger charge is 2.24. The summed E-state index contributed by atoms with van der Waals surface area (Å²) in [6.45, 7) is 1.54. The lowest BCUT2D eigenvalue weighted by Crippen LogP contribution is -2.37. The van der Waals surface area contributed by atoms with E-state index in [1.807, 2.05) is 6.19 Å². The molecule has 2 N–H and O–H groups in total. The molecule has 2 heterocycles. The normalized spacial score (nSPS) is 15.8. The summed E-state index contributed by atoms with van der Waals surface area (Å²) in [5, 5.41) is 14.4. The molecule has 0 aliphatic carbocycles. The van der Waals surface area contributed by atoms with Gasteiger partial charge in [0.25, 0.3) is 0 Å². The molecular formula is C18H28N6O3S. The number of pyridine rings is 1. The van der Waals surface area contributed by atoms with E-state index in [1.54, 1.807) is 24.5 Å². The van der Waals surface area contributed by atoms with E-state index < -0.39 is 10.0 Å². The third kappa shape index (κ3) is 8.21. The van der Waals surface area contributed by atoms with Crippen molar-refractivity contribution >= 4 is 21.7 Å². The molecule has 0 radical (unpaired) electrons. The number of guanidine groups is 1. The second-order valence-electron chi connectivity index (χ2n) is 6.48. The molecule has 1 aliphatic rings. The number of aliphatic imine (C=N–C) groups is 1. The Hall–Kier alpha value is -2.22.